The predicted molar refractivity (Wildman–Crippen MR) is 111 cm³/mol. The van der Waals surface area contributed by atoms with Gasteiger partial charge in [-0.15, -0.1) is 16.8 Å². The Labute approximate surface area is 166 Å². The van der Waals surface area contributed by atoms with Gasteiger partial charge < -0.3 is 9.40 Å². The number of hydrogen-bond donors (Lipinski definition) is 1. The van der Waals surface area contributed by atoms with Crippen LogP contribution in [0.4, 0.5) is 0 Å². The van der Waals surface area contributed by atoms with E-state index in [0.29, 0.717) is 23.1 Å². The van der Waals surface area contributed by atoms with E-state index in [-0.39, 0.29) is 11.0 Å². The van der Waals surface area contributed by atoms with Crippen molar-refractivity contribution < 1.29 is 9.21 Å². The highest BCUT2D eigenvalue weighted by Gasteiger charge is 2.24. The van der Waals surface area contributed by atoms with Gasteiger partial charge in [0.2, 0.25) is 0 Å². The van der Waals surface area contributed by atoms with Crippen LogP contribution in [-0.4, -0.2) is 30.8 Å². The Morgan fingerprint density at radius 2 is 2.18 bits per heavy atom. The molecule has 1 aromatic carbocycles. The van der Waals surface area contributed by atoms with E-state index in [2.05, 4.69) is 21.8 Å². The number of aryl methyl sites for hydroxylation is 1. The number of aromatic nitrogens is 4. The van der Waals surface area contributed by atoms with Crippen LogP contribution in [0.3, 0.4) is 0 Å². The minimum atomic E-state index is -0.315. The summed E-state index contributed by atoms with van der Waals surface area (Å²) in [5.74, 6) is 1.54. The molecule has 0 fully saturated rings. The van der Waals surface area contributed by atoms with Gasteiger partial charge in [0.15, 0.2) is 16.8 Å². The van der Waals surface area contributed by atoms with Crippen LogP contribution in [0.25, 0.3) is 22.3 Å². The van der Waals surface area contributed by atoms with Crippen LogP contribution in [0.5, 0.6) is 0 Å². The Bertz CT molecular complexity index is 1150. The third-order valence-electron chi connectivity index (χ3n) is 4.63. The number of fused-ring (bicyclic) bond motifs is 1. The number of H-pyrrole nitrogens is 1. The van der Waals surface area contributed by atoms with Gasteiger partial charge in [0, 0.05) is 29.2 Å². The molecule has 7 heteroatoms. The van der Waals surface area contributed by atoms with Crippen LogP contribution in [-0.2, 0) is 6.54 Å². The number of hydrogen-bond acceptors (Lipinski definition) is 5. The molecule has 0 saturated carbocycles. The van der Waals surface area contributed by atoms with Crippen molar-refractivity contribution in [1.82, 2.24) is 19.7 Å². The Morgan fingerprint density at radius 1 is 1.36 bits per heavy atom. The highest BCUT2D eigenvalue weighted by molar-refractivity contribution is 8.00. The van der Waals surface area contributed by atoms with Gasteiger partial charge in [0.05, 0.1) is 17.1 Å². The molecular formula is C21H20N4O2S. The largest absolute Gasteiger partial charge is 0.469 e. The SMILES string of the molecule is C=CCn1c(S[C@@H](C)C(=O)c2c[nH]c3ccccc23)nnc1-c1ccoc1C. The molecule has 0 unspecified atom stereocenters. The van der Waals surface area contributed by atoms with E-state index < -0.39 is 0 Å². The molecule has 0 aliphatic carbocycles. The summed E-state index contributed by atoms with van der Waals surface area (Å²) in [7, 11) is 0. The topological polar surface area (TPSA) is 76.7 Å². The first-order valence-corrected chi connectivity index (χ1v) is 9.83. The summed E-state index contributed by atoms with van der Waals surface area (Å²) in [5, 5.41) is 9.95. The lowest BCUT2D eigenvalue weighted by atomic mass is 10.1. The van der Waals surface area contributed by atoms with Crippen LogP contribution < -0.4 is 0 Å². The Hall–Kier alpha value is -3.06. The average Bonchev–Trinajstić information content (AvgIpc) is 3.40. The number of carbonyl (C=O) groups is 1. The number of carbonyl (C=O) groups excluding carboxylic acids is 1. The first-order valence-electron chi connectivity index (χ1n) is 8.95. The molecule has 0 spiro atoms. The summed E-state index contributed by atoms with van der Waals surface area (Å²) in [6.07, 6.45) is 5.20. The summed E-state index contributed by atoms with van der Waals surface area (Å²) in [6, 6.07) is 9.67. The number of Topliss-reactive ketones (excluding diaryl/α,β-unsaturated/α-hetero) is 1. The van der Waals surface area contributed by atoms with Crippen molar-refractivity contribution in [3.63, 3.8) is 0 Å². The molecule has 28 heavy (non-hydrogen) atoms. The number of thioether (sulfide) groups is 1. The molecule has 3 aromatic heterocycles. The summed E-state index contributed by atoms with van der Waals surface area (Å²) in [5.41, 5.74) is 2.53. The van der Waals surface area contributed by atoms with Gasteiger partial charge in [0.25, 0.3) is 0 Å². The number of rotatable bonds is 7. The first kappa shape index (κ1) is 18.3. The number of benzene rings is 1. The van der Waals surface area contributed by atoms with Crippen LogP contribution in [0, 0.1) is 6.92 Å². The van der Waals surface area contributed by atoms with E-state index in [9.17, 15) is 4.79 Å². The Kier molecular flexibility index (Phi) is 4.92. The molecule has 0 aliphatic heterocycles. The number of furan rings is 1. The minimum Gasteiger partial charge on any atom is -0.469 e. The fourth-order valence-corrected chi connectivity index (χ4v) is 4.12. The molecule has 6 nitrogen and oxygen atoms in total. The maximum atomic E-state index is 13.0. The zero-order valence-corrected chi connectivity index (χ0v) is 16.5. The van der Waals surface area contributed by atoms with E-state index >= 15 is 0 Å². The molecule has 0 amide bonds. The predicted octanol–water partition coefficient (Wildman–Crippen LogP) is 4.88. The molecule has 3 heterocycles. The Morgan fingerprint density at radius 3 is 2.93 bits per heavy atom. The molecular weight excluding hydrogens is 372 g/mol. The fourth-order valence-electron chi connectivity index (χ4n) is 3.19. The van der Waals surface area contributed by atoms with Gasteiger partial charge in [-0.2, -0.15) is 0 Å². The lowest BCUT2D eigenvalue weighted by molar-refractivity contribution is 0.0995. The van der Waals surface area contributed by atoms with E-state index in [1.165, 1.54) is 11.8 Å². The summed E-state index contributed by atoms with van der Waals surface area (Å²) in [6.45, 7) is 8.16. The fraction of sp³-hybridized carbons (Fsp3) is 0.190. The van der Waals surface area contributed by atoms with Crippen molar-refractivity contribution >= 4 is 28.4 Å². The maximum Gasteiger partial charge on any atom is 0.192 e. The number of ketones is 1. The summed E-state index contributed by atoms with van der Waals surface area (Å²) < 4.78 is 7.35. The highest BCUT2D eigenvalue weighted by Crippen LogP contribution is 2.31. The monoisotopic (exact) mass is 392 g/mol. The number of para-hydroxylation sites is 1. The van der Waals surface area contributed by atoms with Crippen molar-refractivity contribution in [2.24, 2.45) is 0 Å². The second-order valence-electron chi connectivity index (χ2n) is 6.47. The third kappa shape index (κ3) is 3.18. The summed E-state index contributed by atoms with van der Waals surface area (Å²) >= 11 is 1.40. The van der Waals surface area contributed by atoms with Gasteiger partial charge in [-0.1, -0.05) is 36.0 Å². The van der Waals surface area contributed by atoms with Gasteiger partial charge in [-0.3, -0.25) is 9.36 Å². The molecule has 4 aromatic rings. The van der Waals surface area contributed by atoms with E-state index in [0.717, 1.165) is 22.2 Å². The quantitative estimate of drug-likeness (QED) is 0.276. The zero-order chi connectivity index (χ0) is 19.7. The van der Waals surface area contributed by atoms with Crippen molar-refractivity contribution in [2.45, 2.75) is 30.8 Å². The second-order valence-corrected chi connectivity index (χ2v) is 7.78. The lowest BCUT2D eigenvalue weighted by Gasteiger charge is -2.11. The molecule has 1 atom stereocenters. The molecule has 0 aliphatic rings. The van der Waals surface area contributed by atoms with Gasteiger partial charge in [-0.05, 0) is 26.0 Å². The molecule has 0 radical (unpaired) electrons. The number of allylic oxidation sites excluding steroid dienone is 1. The van der Waals surface area contributed by atoms with Crippen LogP contribution in [0.1, 0.15) is 23.0 Å². The summed E-state index contributed by atoms with van der Waals surface area (Å²) in [4.78, 5) is 16.2. The third-order valence-corrected chi connectivity index (χ3v) is 5.71. The molecule has 0 bridgehead atoms. The van der Waals surface area contributed by atoms with E-state index in [4.69, 9.17) is 4.42 Å². The first-order chi connectivity index (χ1) is 13.6. The minimum absolute atomic E-state index is 0.0524. The van der Waals surface area contributed by atoms with Gasteiger partial charge >= 0.3 is 0 Å². The van der Waals surface area contributed by atoms with Crippen molar-refractivity contribution in [2.75, 3.05) is 0 Å². The van der Waals surface area contributed by atoms with E-state index in [1.807, 2.05) is 48.7 Å². The molecule has 1 N–H and O–H groups in total. The standard InChI is InChI=1S/C21H20N4O2S/c1-4-10-25-20(15-9-11-27-13(15)2)23-24-21(25)28-14(3)19(26)17-12-22-18-8-6-5-7-16(17)18/h4-9,11-12,14,22H,1,10H2,2-3H3/t14-/m0/s1. The van der Waals surface area contributed by atoms with Crippen LogP contribution in [0.2, 0.25) is 0 Å². The van der Waals surface area contributed by atoms with Crippen molar-refractivity contribution in [3.05, 3.63) is 66.8 Å². The zero-order valence-electron chi connectivity index (χ0n) is 15.7. The van der Waals surface area contributed by atoms with Crippen LogP contribution in [0.15, 0.2) is 65.0 Å². The lowest BCUT2D eigenvalue weighted by Crippen LogP contribution is -2.14. The average molecular weight is 392 g/mol. The van der Waals surface area contributed by atoms with Crippen LogP contribution >= 0.6 is 11.8 Å². The maximum absolute atomic E-state index is 13.0. The van der Waals surface area contributed by atoms with Gasteiger partial charge in [-0.25, -0.2) is 0 Å². The molecule has 0 saturated heterocycles. The highest BCUT2D eigenvalue weighted by atomic mass is 32.2. The number of nitrogens with one attached hydrogen (secondary N) is 1. The second kappa shape index (κ2) is 7.52. The smallest absolute Gasteiger partial charge is 0.192 e. The van der Waals surface area contributed by atoms with E-state index in [1.54, 1.807) is 18.5 Å². The van der Waals surface area contributed by atoms with Crippen molar-refractivity contribution in [1.29, 1.82) is 0 Å². The van der Waals surface area contributed by atoms with Gasteiger partial charge in [0.1, 0.15) is 5.76 Å². The molecule has 142 valence electrons. The molecule has 4 rings (SSSR count). The number of aromatic amines is 1. The van der Waals surface area contributed by atoms with Crippen molar-refractivity contribution in [3.8, 4) is 11.4 Å². The normalized spacial score (nSPS) is 12.4. The number of nitrogens with zero attached hydrogens (tertiary/aromatic N) is 3. The Balaban J connectivity index is 1.63.